The van der Waals surface area contributed by atoms with Gasteiger partial charge in [0, 0.05) is 21.7 Å². The second kappa shape index (κ2) is 6.57. The fraction of sp³-hybridized carbons (Fsp3) is 0.389. The summed E-state index contributed by atoms with van der Waals surface area (Å²) in [6, 6.07) is 5.91. The smallest absolute Gasteiger partial charge is 0.243 e. The van der Waals surface area contributed by atoms with Crippen LogP contribution in [-0.2, 0) is 0 Å². The van der Waals surface area contributed by atoms with Crippen LogP contribution in [0.15, 0.2) is 23.6 Å². The molecule has 2 aromatic heterocycles. The normalized spacial score (nSPS) is 20.7. The number of aliphatic hydroxyl groups excluding tert-OH is 1. The molecule has 6 nitrogen and oxygen atoms in total. The van der Waals surface area contributed by atoms with Gasteiger partial charge >= 0.3 is 0 Å². The van der Waals surface area contributed by atoms with Gasteiger partial charge in [-0.1, -0.05) is 0 Å². The summed E-state index contributed by atoms with van der Waals surface area (Å²) < 4.78 is 1.04. The fourth-order valence-electron chi connectivity index (χ4n) is 3.41. The summed E-state index contributed by atoms with van der Waals surface area (Å²) in [7, 11) is 0. The average molecular weight is 356 g/mol. The first-order chi connectivity index (χ1) is 12.1. The predicted octanol–water partition coefficient (Wildman–Crippen LogP) is 3.48. The molecule has 130 valence electrons. The standard InChI is InChI=1S/C18H20N4O2S/c1-10-16(14-5-6-15-13(17(14)24)7-8-25-15)21-22-18(19-10)20-11-3-2-4-12(23)9-11/h5-8,11-12,23-24H,2-4,9H2,1H3,(H,19,20,22)/t11-,12+/m0/s1. The van der Waals surface area contributed by atoms with Crippen LogP contribution in [0.3, 0.4) is 0 Å². The zero-order valence-electron chi connectivity index (χ0n) is 13.9. The molecule has 3 N–H and O–H groups in total. The van der Waals surface area contributed by atoms with Crippen molar-refractivity contribution in [3.63, 3.8) is 0 Å². The van der Waals surface area contributed by atoms with E-state index in [1.54, 1.807) is 11.3 Å². The minimum atomic E-state index is -0.256. The van der Waals surface area contributed by atoms with Crippen molar-refractivity contribution in [2.24, 2.45) is 0 Å². The van der Waals surface area contributed by atoms with Crippen molar-refractivity contribution >= 4 is 27.4 Å². The molecule has 0 aliphatic heterocycles. The molecule has 0 saturated heterocycles. The molecule has 2 atom stereocenters. The number of anilines is 1. The van der Waals surface area contributed by atoms with Gasteiger partial charge in [-0.25, -0.2) is 4.98 Å². The average Bonchev–Trinajstić information content (AvgIpc) is 3.06. The number of benzene rings is 1. The quantitative estimate of drug-likeness (QED) is 0.665. The highest BCUT2D eigenvalue weighted by molar-refractivity contribution is 7.17. The highest BCUT2D eigenvalue weighted by Gasteiger charge is 2.21. The van der Waals surface area contributed by atoms with E-state index in [4.69, 9.17) is 0 Å². The van der Waals surface area contributed by atoms with Crippen molar-refractivity contribution in [3.05, 3.63) is 29.3 Å². The Hall–Kier alpha value is -2.25. The lowest BCUT2D eigenvalue weighted by Crippen LogP contribution is -2.30. The minimum absolute atomic E-state index is 0.173. The van der Waals surface area contributed by atoms with Crippen LogP contribution in [0.4, 0.5) is 5.95 Å². The number of nitrogens with zero attached hydrogens (tertiary/aromatic N) is 3. The molecule has 25 heavy (non-hydrogen) atoms. The van der Waals surface area contributed by atoms with Crippen molar-refractivity contribution in [1.82, 2.24) is 15.2 Å². The number of aliphatic hydroxyl groups is 1. The van der Waals surface area contributed by atoms with Crippen molar-refractivity contribution in [2.45, 2.75) is 44.8 Å². The first kappa shape index (κ1) is 16.2. The van der Waals surface area contributed by atoms with E-state index in [9.17, 15) is 10.2 Å². The molecule has 3 aromatic rings. The summed E-state index contributed by atoms with van der Waals surface area (Å²) in [6.45, 7) is 1.86. The van der Waals surface area contributed by atoms with Crippen LogP contribution < -0.4 is 5.32 Å². The van der Waals surface area contributed by atoms with Crippen LogP contribution in [-0.4, -0.2) is 37.5 Å². The summed E-state index contributed by atoms with van der Waals surface area (Å²) in [5, 5.41) is 34.8. The zero-order valence-corrected chi connectivity index (χ0v) is 14.8. The van der Waals surface area contributed by atoms with Gasteiger partial charge in [-0.3, -0.25) is 0 Å². The summed E-state index contributed by atoms with van der Waals surface area (Å²) in [5.41, 5.74) is 1.93. The van der Waals surface area contributed by atoms with Crippen molar-refractivity contribution in [1.29, 1.82) is 0 Å². The van der Waals surface area contributed by atoms with E-state index in [0.29, 0.717) is 29.3 Å². The largest absolute Gasteiger partial charge is 0.507 e. The maximum absolute atomic E-state index is 10.5. The molecule has 1 aromatic carbocycles. The van der Waals surface area contributed by atoms with Gasteiger partial charge in [-0.2, -0.15) is 0 Å². The van der Waals surface area contributed by atoms with E-state index in [2.05, 4.69) is 20.5 Å². The van der Waals surface area contributed by atoms with E-state index in [1.807, 2.05) is 30.5 Å². The molecule has 1 aliphatic carbocycles. The molecule has 0 spiro atoms. The van der Waals surface area contributed by atoms with Crippen molar-refractivity contribution < 1.29 is 10.2 Å². The minimum Gasteiger partial charge on any atom is -0.507 e. The number of rotatable bonds is 3. The molecule has 0 bridgehead atoms. The second-order valence-electron chi connectivity index (χ2n) is 6.53. The van der Waals surface area contributed by atoms with Crippen LogP contribution in [0.1, 0.15) is 31.4 Å². The fourth-order valence-corrected chi connectivity index (χ4v) is 4.20. The van der Waals surface area contributed by atoms with Crippen LogP contribution >= 0.6 is 11.3 Å². The summed E-state index contributed by atoms with van der Waals surface area (Å²) in [4.78, 5) is 4.50. The van der Waals surface area contributed by atoms with E-state index in [1.165, 1.54) is 0 Å². The molecule has 1 aliphatic rings. The maximum Gasteiger partial charge on any atom is 0.243 e. The third-order valence-corrected chi connectivity index (χ3v) is 5.58. The van der Waals surface area contributed by atoms with E-state index >= 15 is 0 Å². The molecular formula is C18H20N4O2S. The van der Waals surface area contributed by atoms with Gasteiger partial charge in [0.25, 0.3) is 0 Å². The van der Waals surface area contributed by atoms with Crippen LogP contribution in [0, 0.1) is 6.92 Å². The topological polar surface area (TPSA) is 91.2 Å². The Morgan fingerprint density at radius 2 is 2.08 bits per heavy atom. The number of aromatic nitrogens is 3. The predicted molar refractivity (Wildman–Crippen MR) is 98.9 cm³/mol. The summed E-state index contributed by atoms with van der Waals surface area (Å²) in [5.74, 6) is 0.686. The first-order valence-corrected chi connectivity index (χ1v) is 9.35. The van der Waals surface area contributed by atoms with Crippen LogP contribution in [0.25, 0.3) is 21.3 Å². The van der Waals surface area contributed by atoms with Gasteiger partial charge < -0.3 is 15.5 Å². The Bertz CT molecular complexity index is 911. The van der Waals surface area contributed by atoms with Gasteiger partial charge in [-0.15, -0.1) is 21.5 Å². The Labute approximate surface area is 149 Å². The summed E-state index contributed by atoms with van der Waals surface area (Å²) >= 11 is 1.59. The van der Waals surface area contributed by atoms with Gasteiger partial charge in [0.05, 0.1) is 11.8 Å². The Kier molecular flexibility index (Phi) is 4.27. The molecule has 4 rings (SSSR count). The number of phenols is 1. The lowest BCUT2D eigenvalue weighted by atomic mass is 9.93. The number of hydrogen-bond acceptors (Lipinski definition) is 7. The van der Waals surface area contributed by atoms with Crippen molar-refractivity contribution in [3.8, 4) is 17.0 Å². The highest BCUT2D eigenvalue weighted by atomic mass is 32.1. The maximum atomic E-state index is 10.5. The number of hydrogen-bond donors (Lipinski definition) is 3. The summed E-state index contributed by atoms with van der Waals surface area (Å²) in [6.07, 6.45) is 3.31. The zero-order chi connectivity index (χ0) is 17.4. The number of thiophene rings is 1. The molecule has 1 fully saturated rings. The highest BCUT2D eigenvalue weighted by Crippen LogP contribution is 2.37. The first-order valence-electron chi connectivity index (χ1n) is 8.47. The number of fused-ring (bicyclic) bond motifs is 1. The molecular weight excluding hydrogens is 336 g/mol. The molecule has 7 heteroatoms. The Balaban J connectivity index is 1.61. The van der Waals surface area contributed by atoms with Crippen LogP contribution in [0.2, 0.25) is 0 Å². The third-order valence-electron chi connectivity index (χ3n) is 4.70. The lowest BCUT2D eigenvalue weighted by molar-refractivity contribution is 0.124. The van der Waals surface area contributed by atoms with E-state index < -0.39 is 0 Å². The molecule has 2 heterocycles. The van der Waals surface area contributed by atoms with E-state index in [-0.39, 0.29) is 17.9 Å². The number of phenolic OH excluding ortho intramolecular Hbond substituents is 1. The molecule has 0 amide bonds. The molecule has 0 unspecified atom stereocenters. The van der Waals surface area contributed by atoms with Gasteiger partial charge in [-0.05, 0) is 56.2 Å². The van der Waals surface area contributed by atoms with Crippen molar-refractivity contribution in [2.75, 3.05) is 5.32 Å². The molecule has 1 saturated carbocycles. The number of aryl methyl sites for hydroxylation is 1. The van der Waals surface area contributed by atoms with Gasteiger partial charge in [0.1, 0.15) is 11.4 Å². The second-order valence-corrected chi connectivity index (χ2v) is 7.47. The lowest BCUT2D eigenvalue weighted by Gasteiger charge is -2.26. The monoisotopic (exact) mass is 356 g/mol. The number of aromatic hydroxyl groups is 1. The van der Waals surface area contributed by atoms with Crippen LogP contribution in [0.5, 0.6) is 5.75 Å². The number of nitrogens with one attached hydrogen (secondary N) is 1. The third kappa shape index (κ3) is 3.17. The Morgan fingerprint density at radius 3 is 2.88 bits per heavy atom. The molecule has 0 radical (unpaired) electrons. The SMILES string of the molecule is Cc1nc(N[C@H]2CCC[C@@H](O)C2)nnc1-c1ccc2sccc2c1O. The van der Waals surface area contributed by atoms with Gasteiger partial charge in [0.15, 0.2) is 0 Å². The van der Waals surface area contributed by atoms with Gasteiger partial charge in [0.2, 0.25) is 5.95 Å². The Morgan fingerprint density at radius 1 is 1.20 bits per heavy atom. The van der Waals surface area contributed by atoms with E-state index in [0.717, 1.165) is 29.3 Å².